The number of pyridine rings is 1. The second-order valence-corrected chi connectivity index (χ2v) is 5.91. The summed E-state index contributed by atoms with van der Waals surface area (Å²) in [6.45, 7) is 0. The zero-order valence-corrected chi connectivity index (χ0v) is 11.1. The van der Waals surface area contributed by atoms with Crippen LogP contribution in [-0.4, -0.2) is 18.4 Å². The van der Waals surface area contributed by atoms with Crippen LogP contribution in [0.3, 0.4) is 0 Å². The van der Waals surface area contributed by atoms with Crippen molar-refractivity contribution in [3.63, 3.8) is 0 Å². The first-order valence-corrected chi connectivity index (χ1v) is 7.32. The van der Waals surface area contributed by atoms with Crippen LogP contribution in [0.1, 0.15) is 0 Å². The van der Waals surface area contributed by atoms with E-state index in [2.05, 4.69) is 14.7 Å². The van der Waals surface area contributed by atoms with Gasteiger partial charge in [-0.15, -0.1) is 0 Å². The Kier molecular flexibility index (Phi) is 2.83. The molecule has 0 aliphatic heterocycles. The van der Waals surface area contributed by atoms with E-state index >= 15 is 0 Å². The van der Waals surface area contributed by atoms with Gasteiger partial charge in [-0.05, 0) is 24.3 Å². The first-order chi connectivity index (χ1) is 9.56. The van der Waals surface area contributed by atoms with E-state index in [1.165, 1.54) is 18.5 Å². The normalized spacial score (nSPS) is 11.6. The van der Waals surface area contributed by atoms with Gasteiger partial charge in [0, 0.05) is 41.2 Å². The summed E-state index contributed by atoms with van der Waals surface area (Å²) in [5.41, 5.74) is 0.754. The molecule has 0 fully saturated rings. The molecule has 1 aromatic carbocycles. The van der Waals surface area contributed by atoms with E-state index in [0.29, 0.717) is 5.69 Å². The van der Waals surface area contributed by atoms with Gasteiger partial charge in [-0.1, -0.05) is 0 Å². The van der Waals surface area contributed by atoms with Crippen molar-refractivity contribution in [3.05, 3.63) is 59.1 Å². The van der Waals surface area contributed by atoms with Gasteiger partial charge in [0.25, 0.3) is 10.0 Å². The van der Waals surface area contributed by atoms with E-state index < -0.39 is 15.5 Å². The number of H-pyrrole nitrogens is 2. The van der Waals surface area contributed by atoms with Gasteiger partial charge in [0.2, 0.25) is 5.43 Å². The standard InChI is InChI=1S/C13H11N3O3S/c17-12-4-5-14-8-13(12)20(18,19)16-10-1-2-11-9(7-10)3-6-15-11/h1-8,15-16H,(H,14,17). The van der Waals surface area contributed by atoms with Gasteiger partial charge in [0.05, 0.1) is 0 Å². The number of fused-ring (bicyclic) bond motifs is 1. The molecule has 0 aliphatic rings. The summed E-state index contributed by atoms with van der Waals surface area (Å²) in [6.07, 6.45) is 4.32. The molecular weight excluding hydrogens is 278 g/mol. The molecule has 0 atom stereocenters. The highest BCUT2D eigenvalue weighted by Gasteiger charge is 2.17. The molecule has 0 amide bonds. The zero-order valence-electron chi connectivity index (χ0n) is 10.3. The number of aromatic amines is 2. The largest absolute Gasteiger partial charge is 0.366 e. The van der Waals surface area contributed by atoms with Crippen LogP contribution >= 0.6 is 0 Å². The average Bonchev–Trinajstić information content (AvgIpc) is 2.86. The number of sulfonamides is 1. The Morgan fingerprint density at radius 1 is 1.05 bits per heavy atom. The van der Waals surface area contributed by atoms with Gasteiger partial charge in [0.1, 0.15) is 0 Å². The second-order valence-electron chi connectivity index (χ2n) is 4.26. The maximum absolute atomic E-state index is 12.2. The summed E-state index contributed by atoms with van der Waals surface area (Å²) in [4.78, 5) is 16.9. The molecule has 0 spiro atoms. The van der Waals surface area contributed by atoms with Crippen LogP contribution in [0.25, 0.3) is 10.9 Å². The van der Waals surface area contributed by atoms with Crippen molar-refractivity contribution in [2.24, 2.45) is 0 Å². The van der Waals surface area contributed by atoms with Gasteiger partial charge in [-0.3, -0.25) is 9.52 Å². The van der Waals surface area contributed by atoms with Crippen molar-refractivity contribution in [3.8, 4) is 0 Å². The lowest BCUT2D eigenvalue weighted by molar-refractivity contribution is 0.600. The lowest BCUT2D eigenvalue weighted by atomic mass is 10.2. The fourth-order valence-corrected chi connectivity index (χ4v) is 3.04. The summed E-state index contributed by atoms with van der Waals surface area (Å²) in [6, 6.07) is 8.10. The number of anilines is 1. The van der Waals surface area contributed by atoms with Crippen LogP contribution < -0.4 is 10.2 Å². The fraction of sp³-hybridized carbons (Fsp3) is 0. The molecule has 2 heterocycles. The topological polar surface area (TPSA) is 94.8 Å². The summed E-state index contributed by atoms with van der Waals surface area (Å²) in [5.74, 6) is 0. The molecule has 3 N–H and O–H groups in total. The quantitative estimate of drug-likeness (QED) is 0.684. The van der Waals surface area contributed by atoms with Gasteiger partial charge in [-0.2, -0.15) is 0 Å². The highest BCUT2D eigenvalue weighted by atomic mass is 32.2. The average molecular weight is 289 g/mol. The molecule has 102 valence electrons. The van der Waals surface area contributed by atoms with Crippen LogP contribution in [-0.2, 0) is 10.0 Å². The Morgan fingerprint density at radius 3 is 2.70 bits per heavy atom. The summed E-state index contributed by atoms with van der Waals surface area (Å²) >= 11 is 0. The first kappa shape index (κ1) is 12.5. The minimum atomic E-state index is -3.90. The molecular formula is C13H11N3O3S. The third-order valence-electron chi connectivity index (χ3n) is 2.88. The number of aromatic nitrogens is 2. The summed E-state index contributed by atoms with van der Waals surface area (Å²) in [5, 5.41) is 0.882. The van der Waals surface area contributed by atoms with Crippen molar-refractivity contribution in [2.45, 2.75) is 4.90 Å². The van der Waals surface area contributed by atoms with Gasteiger partial charge < -0.3 is 9.97 Å². The van der Waals surface area contributed by atoms with Crippen molar-refractivity contribution < 1.29 is 8.42 Å². The van der Waals surface area contributed by atoms with Crippen LogP contribution in [0.4, 0.5) is 5.69 Å². The minimum absolute atomic E-state index is 0.311. The predicted molar refractivity (Wildman–Crippen MR) is 76.2 cm³/mol. The van der Waals surface area contributed by atoms with Gasteiger partial charge in [-0.25, -0.2) is 8.42 Å². The van der Waals surface area contributed by atoms with E-state index in [4.69, 9.17) is 0 Å². The smallest absolute Gasteiger partial charge is 0.267 e. The molecule has 6 nitrogen and oxygen atoms in total. The highest BCUT2D eigenvalue weighted by molar-refractivity contribution is 7.92. The first-order valence-electron chi connectivity index (χ1n) is 5.83. The molecule has 3 rings (SSSR count). The molecule has 2 aromatic heterocycles. The van der Waals surface area contributed by atoms with E-state index in [1.807, 2.05) is 6.07 Å². The number of hydrogen-bond donors (Lipinski definition) is 3. The molecule has 0 saturated carbocycles. The van der Waals surface area contributed by atoms with Crippen molar-refractivity contribution >= 4 is 26.6 Å². The third kappa shape index (κ3) is 2.19. The molecule has 0 saturated heterocycles. The number of rotatable bonds is 3. The zero-order chi connectivity index (χ0) is 14.2. The van der Waals surface area contributed by atoms with Gasteiger partial charge >= 0.3 is 0 Å². The molecule has 7 heteroatoms. The van der Waals surface area contributed by atoms with Crippen molar-refractivity contribution in [1.29, 1.82) is 0 Å². The van der Waals surface area contributed by atoms with Crippen LogP contribution in [0.2, 0.25) is 0 Å². The monoisotopic (exact) mass is 289 g/mol. The predicted octanol–water partition coefficient (Wildman–Crippen LogP) is 1.66. The van der Waals surface area contributed by atoms with Crippen molar-refractivity contribution in [1.82, 2.24) is 9.97 Å². The summed E-state index contributed by atoms with van der Waals surface area (Å²) in [7, 11) is -3.90. The summed E-state index contributed by atoms with van der Waals surface area (Å²) < 4.78 is 26.7. The van der Waals surface area contributed by atoms with Gasteiger partial charge in [0.15, 0.2) is 4.90 Å². The van der Waals surface area contributed by atoms with Crippen molar-refractivity contribution in [2.75, 3.05) is 4.72 Å². The van der Waals surface area contributed by atoms with E-state index in [9.17, 15) is 13.2 Å². The molecule has 0 radical (unpaired) electrons. The van der Waals surface area contributed by atoms with Crippen LogP contribution in [0.5, 0.6) is 0 Å². The lowest BCUT2D eigenvalue weighted by Crippen LogP contribution is -2.20. The molecule has 0 unspecified atom stereocenters. The minimum Gasteiger partial charge on any atom is -0.366 e. The Morgan fingerprint density at radius 2 is 1.90 bits per heavy atom. The molecule has 3 aromatic rings. The van der Waals surface area contributed by atoms with E-state index in [-0.39, 0.29) is 4.90 Å². The van der Waals surface area contributed by atoms with Crippen LogP contribution in [0.15, 0.2) is 58.6 Å². The Balaban J connectivity index is 2.01. The van der Waals surface area contributed by atoms with E-state index in [1.54, 1.807) is 24.4 Å². The third-order valence-corrected chi connectivity index (χ3v) is 4.29. The number of hydrogen-bond acceptors (Lipinski definition) is 3. The number of nitrogens with one attached hydrogen (secondary N) is 3. The molecule has 0 aliphatic carbocycles. The Hall–Kier alpha value is -2.54. The van der Waals surface area contributed by atoms with Crippen LogP contribution in [0, 0.1) is 0 Å². The lowest BCUT2D eigenvalue weighted by Gasteiger charge is -2.07. The Labute approximate surface area is 114 Å². The second kappa shape index (κ2) is 4.53. The fourth-order valence-electron chi connectivity index (χ4n) is 1.94. The van der Waals surface area contributed by atoms with E-state index in [0.717, 1.165) is 10.9 Å². The SMILES string of the molecule is O=c1cc[nH]cc1S(=O)(=O)Nc1ccc2[nH]ccc2c1. The Bertz CT molecular complexity index is 925. The number of benzene rings is 1. The maximum Gasteiger partial charge on any atom is 0.267 e. The highest BCUT2D eigenvalue weighted by Crippen LogP contribution is 2.19. The molecule has 20 heavy (non-hydrogen) atoms. The maximum atomic E-state index is 12.2. The molecule has 0 bridgehead atoms.